The zero-order valence-corrected chi connectivity index (χ0v) is 17.6. The molecule has 2 heterocycles. The zero-order chi connectivity index (χ0) is 20.6. The number of carbonyl (C=O) groups is 2. The fraction of sp³-hybridized carbons (Fsp3) is 0.619. The van der Waals surface area contributed by atoms with Crippen LogP contribution in [0.3, 0.4) is 0 Å². The minimum atomic E-state index is -3.15. The summed E-state index contributed by atoms with van der Waals surface area (Å²) >= 11 is 0. The Morgan fingerprint density at radius 2 is 1.69 bits per heavy atom. The molecule has 29 heavy (non-hydrogen) atoms. The number of amides is 2. The van der Waals surface area contributed by atoms with Crippen molar-refractivity contribution in [3.05, 3.63) is 29.8 Å². The molecule has 2 N–H and O–H groups in total. The fourth-order valence-electron chi connectivity index (χ4n) is 4.46. The van der Waals surface area contributed by atoms with Crippen LogP contribution in [0.15, 0.2) is 24.3 Å². The van der Waals surface area contributed by atoms with Gasteiger partial charge in [-0.15, -0.1) is 0 Å². The molecule has 3 aliphatic rings. The van der Waals surface area contributed by atoms with Crippen LogP contribution in [0.1, 0.15) is 43.0 Å². The molecule has 1 aliphatic carbocycles. The third-order valence-electron chi connectivity index (χ3n) is 6.36. The predicted octanol–water partition coefficient (Wildman–Crippen LogP) is 1.66. The largest absolute Gasteiger partial charge is 0.347 e. The average molecular weight is 420 g/mol. The second-order valence-corrected chi connectivity index (χ2v) is 10.9. The number of hydrogen-bond donors (Lipinski definition) is 2. The highest BCUT2D eigenvalue weighted by Crippen LogP contribution is 2.38. The molecule has 4 atom stereocenters. The molecular weight excluding hydrogens is 390 g/mol. The Balaban J connectivity index is 1.39. The third-order valence-corrected chi connectivity index (χ3v) is 8.08. The highest BCUT2D eigenvalue weighted by molar-refractivity contribution is 7.91. The third kappa shape index (κ3) is 4.80. The lowest BCUT2D eigenvalue weighted by molar-refractivity contribution is -0.117. The van der Waals surface area contributed by atoms with E-state index in [1.165, 1.54) is 6.42 Å². The molecule has 7 nitrogen and oxygen atoms in total. The standard InChI is InChI=1S/C21H29N3O4S/c1-14-11-17(14)21(26)22-16-7-5-15(6-8-16)20(25)23-18-12-29(27,28)13-19(18)24-9-3-2-4-10-24/h5-8,14,17-19H,2-4,9-13H2,1H3,(H,22,26)(H,23,25). The second-order valence-electron chi connectivity index (χ2n) is 8.71. The van der Waals surface area contributed by atoms with Crippen molar-refractivity contribution >= 4 is 27.3 Å². The van der Waals surface area contributed by atoms with Crippen LogP contribution in [-0.4, -0.2) is 61.8 Å². The van der Waals surface area contributed by atoms with Gasteiger partial charge in [-0.1, -0.05) is 13.3 Å². The van der Waals surface area contributed by atoms with Gasteiger partial charge < -0.3 is 10.6 Å². The van der Waals surface area contributed by atoms with Gasteiger partial charge in [-0.05, 0) is 62.5 Å². The summed E-state index contributed by atoms with van der Waals surface area (Å²) in [5, 5.41) is 5.82. The van der Waals surface area contributed by atoms with E-state index < -0.39 is 9.84 Å². The maximum absolute atomic E-state index is 12.7. The van der Waals surface area contributed by atoms with E-state index >= 15 is 0 Å². The average Bonchev–Trinajstić information content (AvgIpc) is 3.35. The van der Waals surface area contributed by atoms with Crippen LogP contribution in [0.25, 0.3) is 0 Å². The van der Waals surface area contributed by atoms with Crippen molar-refractivity contribution in [2.45, 2.75) is 44.7 Å². The molecule has 0 bridgehead atoms. The molecule has 0 spiro atoms. The van der Waals surface area contributed by atoms with Crippen LogP contribution >= 0.6 is 0 Å². The molecule has 1 saturated carbocycles. The molecular formula is C21H29N3O4S. The summed E-state index contributed by atoms with van der Waals surface area (Å²) < 4.78 is 24.4. The quantitative estimate of drug-likeness (QED) is 0.757. The molecule has 1 aromatic rings. The van der Waals surface area contributed by atoms with Gasteiger partial charge in [0, 0.05) is 23.2 Å². The number of likely N-dealkylation sites (tertiary alicyclic amines) is 1. The van der Waals surface area contributed by atoms with Crippen LogP contribution in [0.4, 0.5) is 5.69 Å². The Morgan fingerprint density at radius 1 is 1.03 bits per heavy atom. The van der Waals surface area contributed by atoms with E-state index in [9.17, 15) is 18.0 Å². The van der Waals surface area contributed by atoms with Gasteiger partial charge in [0.05, 0.1) is 17.5 Å². The fourth-order valence-corrected chi connectivity index (χ4v) is 6.41. The summed E-state index contributed by atoms with van der Waals surface area (Å²) in [5.41, 5.74) is 1.13. The number of rotatable bonds is 5. The second kappa shape index (κ2) is 8.07. The number of sulfone groups is 1. The normalized spacial score (nSPS) is 31.2. The van der Waals surface area contributed by atoms with Gasteiger partial charge in [0.1, 0.15) is 0 Å². The zero-order valence-electron chi connectivity index (χ0n) is 16.8. The molecule has 8 heteroatoms. The minimum Gasteiger partial charge on any atom is -0.347 e. The van der Waals surface area contributed by atoms with Crippen LogP contribution in [0.2, 0.25) is 0 Å². The Hall–Kier alpha value is -1.93. The van der Waals surface area contributed by atoms with Crippen molar-refractivity contribution in [3.8, 4) is 0 Å². The van der Waals surface area contributed by atoms with Crippen LogP contribution in [0.5, 0.6) is 0 Å². The Kier molecular flexibility index (Phi) is 5.66. The summed E-state index contributed by atoms with van der Waals surface area (Å²) in [4.78, 5) is 27.0. The van der Waals surface area contributed by atoms with Gasteiger partial charge >= 0.3 is 0 Å². The number of hydrogen-bond acceptors (Lipinski definition) is 5. The number of benzene rings is 1. The van der Waals surface area contributed by atoms with Crippen molar-refractivity contribution in [1.29, 1.82) is 0 Å². The van der Waals surface area contributed by atoms with E-state index in [4.69, 9.17) is 0 Å². The molecule has 2 aliphatic heterocycles. The molecule has 0 aromatic heterocycles. The monoisotopic (exact) mass is 419 g/mol. The van der Waals surface area contributed by atoms with Gasteiger partial charge in [-0.3, -0.25) is 14.5 Å². The van der Waals surface area contributed by atoms with Crippen molar-refractivity contribution < 1.29 is 18.0 Å². The van der Waals surface area contributed by atoms with Crippen molar-refractivity contribution in [1.82, 2.24) is 10.2 Å². The summed E-state index contributed by atoms with van der Waals surface area (Å²) in [6.07, 6.45) is 4.25. The number of piperidine rings is 1. The van der Waals surface area contributed by atoms with E-state index in [1.807, 2.05) is 0 Å². The molecule has 4 unspecified atom stereocenters. The maximum atomic E-state index is 12.7. The van der Waals surface area contributed by atoms with Crippen molar-refractivity contribution in [2.24, 2.45) is 11.8 Å². The van der Waals surface area contributed by atoms with Crippen LogP contribution in [-0.2, 0) is 14.6 Å². The van der Waals surface area contributed by atoms with E-state index in [0.717, 1.165) is 32.4 Å². The Labute approximate surface area is 172 Å². The highest BCUT2D eigenvalue weighted by atomic mass is 32.2. The molecule has 4 rings (SSSR count). The molecule has 2 amide bonds. The molecule has 3 fully saturated rings. The summed E-state index contributed by atoms with van der Waals surface area (Å²) in [7, 11) is -3.15. The van der Waals surface area contributed by atoms with E-state index in [2.05, 4.69) is 22.5 Å². The van der Waals surface area contributed by atoms with Gasteiger partial charge in [-0.25, -0.2) is 8.42 Å². The van der Waals surface area contributed by atoms with Gasteiger partial charge in [0.25, 0.3) is 5.91 Å². The van der Waals surface area contributed by atoms with Crippen molar-refractivity contribution in [2.75, 3.05) is 29.9 Å². The topological polar surface area (TPSA) is 95.6 Å². The first-order valence-electron chi connectivity index (χ1n) is 10.5. The van der Waals surface area contributed by atoms with Crippen molar-refractivity contribution in [3.63, 3.8) is 0 Å². The van der Waals surface area contributed by atoms with E-state index in [1.54, 1.807) is 24.3 Å². The lowest BCUT2D eigenvalue weighted by atomic mass is 10.0. The van der Waals surface area contributed by atoms with Crippen LogP contribution in [0, 0.1) is 11.8 Å². The number of carbonyl (C=O) groups excluding carboxylic acids is 2. The molecule has 0 radical (unpaired) electrons. The highest BCUT2D eigenvalue weighted by Gasteiger charge is 2.42. The van der Waals surface area contributed by atoms with Gasteiger partial charge in [0.15, 0.2) is 9.84 Å². The molecule has 158 valence electrons. The number of anilines is 1. The number of nitrogens with one attached hydrogen (secondary N) is 2. The summed E-state index contributed by atoms with van der Waals surface area (Å²) in [6.45, 7) is 3.83. The summed E-state index contributed by atoms with van der Waals surface area (Å²) in [6, 6.07) is 6.23. The summed E-state index contributed by atoms with van der Waals surface area (Å²) in [5.74, 6) is 0.387. The first-order valence-corrected chi connectivity index (χ1v) is 12.3. The minimum absolute atomic E-state index is 0.00633. The van der Waals surface area contributed by atoms with Gasteiger partial charge in [-0.2, -0.15) is 0 Å². The Bertz CT molecular complexity index is 878. The smallest absolute Gasteiger partial charge is 0.251 e. The maximum Gasteiger partial charge on any atom is 0.251 e. The lowest BCUT2D eigenvalue weighted by Crippen LogP contribution is -2.52. The van der Waals surface area contributed by atoms with E-state index in [-0.39, 0.29) is 41.3 Å². The first kappa shape index (κ1) is 20.3. The SMILES string of the molecule is CC1CC1C(=O)Nc1ccc(C(=O)NC2CS(=O)(=O)CC2N2CCCCC2)cc1. The molecule has 1 aromatic carbocycles. The van der Waals surface area contributed by atoms with Gasteiger partial charge in [0.2, 0.25) is 5.91 Å². The first-order chi connectivity index (χ1) is 13.8. The predicted molar refractivity (Wildman–Crippen MR) is 111 cm³/mol. The Morgan fingerprint density at radius 3 is 2.31 bits per heavy atom. The molecule has 2 saturated heterocycles. The van der Waals surface area contributed by atoms with Crippen LogP contribution < -0.4 is 10.6 Å². The lowest BCUT2D eigenvalue weighted by Gasteiger charge is -2.35. The number of nitrogens with zero attached hydrogens (tertiary/aromatic N) is 1. The van der Waals surface area contributed by atoms with E-state index in [0.29, 0.717) is 17.2 Å².